The predicted octanol–water partition coefficient (Wildman–Crippen LogP) is 5.79. The van der Waals surface area contributed by atoms with Gasteiger partial charge in [-0.15, -0.1) is 0 Å². The number of benzene rings is 2. The Morgan fingerprint density at radius 1 is 0.721 bits per heavy atom. The van der Waals surface area contributed by atoms with E-state index >= 15 is 0 Å². The molecule has 2 fully saturated rings. The van der Waals surface area contributed by atoms with Crippen LogP contribution in [0.2, 0.25) is 0 Å². The summed E-state index contributed by atoms with van der Waals surface area (Å²) in [6, 6.07) is 8.52. The second-order valence-electron chi connectivity index (χ2n) is 17.2. The minimum atomic E-state index is -3.66. The molecule has 2 aliphatic heterocycles. The number of aliphatic hydroxyl groups is 1. The summed E-state index contributed by atoms with van der Waals surface area (Å²) in [5, 5.41) is 10.5. The summed E-state index contributed by atoms with van der Waals surface area (Å²) < 4.78 is 75.7. The van der Waals surface area contributed by atoms with E-state index in [0.29, 0.717) is 73.9 Å². The van der Waals surface area contributed by atoms with Crippen molar-refractivity contribution in [3.63, 3.8) is 0 Å². The highest BCUT2D eigenvalue weighted by Crippen LogP contribution is 2.31. The van der Waals surface area contributed by atoms with Crippen LogP contribution >= 0.6 is 0 Å². The fourth-order valence-electron chi connectivity index (χ4n) is 7.79. The summed E-state index contributed by atoms with van der Waals surface area (Å²) in [5.74, 6) is -0.00313. The van der Waals surface area contributed by atoms with Crippen LogP contribution in [0.15, 0.2) is 58.6 Å². The zero-order valence-corrected chi connectivity index (χ0v) is 38.4. The molecular weight excluding hydrogens is 827 g/mol. The Morgan fingerprint density at radius 2 is 1.13 bits per heavy atom. The SMILES string of the molecule is CC(=O)c1nc(N2CCN(c3ccc(F)c(S(C)(=O)=O)c3)C[C@H]2C(C)C)ncc1C.Cc1cnc(N2CCN(c3ccc(F)c(S(C)(=O)=O)c3)C[C@H]2C(C)C)nc1C(C)(C)O. The molecule has 0 radical (unpaired) electrons. The van der Waals surface area contributed by atoms with Crippen LogP contribution in [0, 0.1) is 37.3 Å². The average molecular weight is 885 g/mol. The first-order chi connectivity index (χ1) is 28.3. The topological polar surface area (TPSA) is 170 Å². The Kier molecular flexibility index (Phi) is 14.1. The number of aryl methyl sites for hydroxylation is 2. The first kappa shape index (κ1) is 47.2. The van der Waals surface area contributed by atoms with E-state index in [-0.39, 0.29) is 39.5 Å². The van der Waals surface area contributed by atoms with Crippen molar-refractivity contribution < 1.29 is 35.5 Å². The van der Waals surface area contributed by atoms with Gasteiger partial charge in [-0.3, -0.25) is 4.79 Å². The number of nitrogens with zero attached hydrogens (tertiary/aromatic N) is 8. The van der Waals surface area contributed by atoms with Crippen molar-refractivity contribution in [2.45, 2.75) is 89.8 Å². The molecule has 2 aromatic carbocycles. The van der Waals surface area contributed by atoms with E-state index < -0.39 is 36.9 Å². The number of hydrogen-bond acceptors (Lipinski definition) is 14. The van der Waals surface area contributed by atoms with E-state index in [4.69, 9.17) is 0 Å². The smallest absolute Gasteiger partial charge is 0.226 e. The van der Waals surface area contributed by atoms with Crippen molar-refractivity contribution in [3.8, 4) is 0 Å². The van der Waals surface area contributed by atoms with Gasteiger partial charge in [-0.2, -0.15) is 0 Å². The van der Waals surface area contributed by atoms with Crippen molar-refractivity contribution >= 4 is 48.7 Å². The number of anilines is 4. The van der Waals surface area contributed by atoms with Gasteiger partial charge in [-0.25, -0.2) is 45.6 Å². The van der Waals surface area contributed by atoms with Crippen LogP contribution in [-0.4, -0.2) is 112 Å². The molecule has 0 bridgehead atoms. The number of aromatic nitrogens is 4. The second-order valence-corrected chi connectivity index (χ2v) is 21.2. The Hall–Kier alpha value is -4.81. The largest absolute Gasteiger partial charge is 0.384 e. The molecule has 61 heavy (non-hydrogen) atoms. The number of carbonyl (C=O) groups excluding carboxylic acids is 1. The number of carbonyl (C=O) groups is 1. The van der Waals surface area contributed by atoms with Gasteiger partial charge in [0, 0.05) is 82.5 Å². The fraction of sp³-hybridized carbons (Fsp3) is 0.512. The molecule has 332 valence electrons. The van der Waals surface area contributed by atoms with Gasteiger partial charge in [-0.1, -0.05) is 27.7 Å². The number of halogens is 2. The van der Waals surface area contributed by atoms with Gasteiger partial charge < -0.3 is 24.7 Å². The third kappa shape index (κ3) is 11.0. The maximum Gasteiger partial charge on any atom is 0.226 e. The van der Waals surface area contributed by atoms with Crippen molar-refractivity contribution in [1.29, 1.82) is 0 Å². The molecule has 2 atom stereocenters. The number of rotatable bonds is 10. The maximum atomic E-state index is 14.0. The third-order valence-electron chi connectivity index (χ3n) is 11.1. The highest BCUT2D eigenvalue weighted by molar-refractivity contribution is 7.91. The molecule has 2 aliphatic rings. The Bertz CT molecular complexity index is 2480. The minimum Gasteiger partial charge on any atom is -0.384 e. The highest BCUT2D eigenvalue weighted by atomic mass is 32.2. The van der Waals surface area contributed by atoms with Crippen molar-refractivity contribution in [1.82, 2.24) is 19.9 Å². The van der Waals surface area contributed by atoms with E-state index in [1.54, 1.807) is 38.4 Å². The summed E-state index contributed by atoms with van der Waals surface area (Å²) in [4.78, 5) is 37.8. The van der Waals surface area contributed by atoms with Gasteiger partial charge in [0.2, 0.25) is 11.9 Å². The molecule has 6 rings (SSSR count). The van der Waals surface area contributed by atoms with Crippen molar-refractivity contribution in [2.75, 3.05) is 71.4 Å². The first-order valence-corrected chi connectivity index (χ1v) is 24.0. The monoisotopic (exact) mass is 884 g/mol. The molecule has 0 saturated carbocycles. The molecule has 0 aliphatic carbocycles. The molecule has 18 heteroatoms. The average Bonchev–Trinajstić information content (AvgIpc) is 3.17. The summed E-state index contributed by atoms with van der Waals surface area (Å²) in [5.41, 5.74) is 2.85. The fourth-order valence-corrected chi connectivity index (χ4v) is 9.30. The predicted molar refractivity (Wildman–Crippen MR) is 234 cm³/mol. The molecule has 2 aromatic heterocycles. The molecule has 0 amide bonds. The molecule has 0 spiro atoms. The lowest BCUT2D eigenvalue weighted by atomic mass is 9.99. The molecule has 2 saturated heterocycles. The van der Waals surface area contributed by atoms with E-state index in [9.17, 15) is 35.5 Å². The molecule has 14 nitrogen and oxygen atoms in total. The number of Topliss-reactive ketones (excluding diaryl/α,β-unsaturated/α-hetero) is 1. The number of ketones is 1. The lowest BCUT2D eigenvalue weighted by Crippen LogP contribution is -2.56. The molecule has 0 unspecified atom stereocenters. The minimum absolute atomic E-state index is 0.0352. The van der Waals surface area contributed by atoms with Gasteiger partial charge in [0.15, 0.2) is 25.5 Å². The van der Waals surface area contributed by atoms with Gasteiger partial charge in [0.1, 0.15) is 32.7 Å². The number of hydrogen-bond donors (Lipinski definition) is 1. The zero-order chi connectivity index (χ0) is 45.4. The van der Waals surface area contributed by atoms with E-state index in [1.807, 2.05) is 13.8 Å². The van der Waals surface area contributed by atoms with Crippen LogP contribution in [0.1, 0.15) is 75.8 Å². The summed E-state index contributed by atoms with van der Waals surface area (Å²) in [6.45, 7) is 20.6. The second kappa shape index (κ2) is 18.3. The highest BCUT2D eigenvalue weighted by Gasteiger charge is 2.34. The van der Waals surface area contributed by atoms with Crippen LogP contribution in [0.3, 0.4) is 0 Å². The standard InChI is InChI=1S/C22H31FN4O3S.C21H27FN4O3S/c1-14(2)18-13-26(16-7-8-17(23)19(11-16)31(6,29)30)9-10-27(18)21-24-12-15(3)20(25-21)22(4,5)28;1-13(2)18-12-25(16-6-7-17(22)19(10-16)30(5,28)29)8-9-26(18)21-23-11-14(3)20(24-21)15(4)27/h7-8,11-12,14,18,28H,9-10,13H2,1-6H3;6-7,10-11,13,18H,8-9,12H2,1-5H3/t2*18-/m00/s1. The van der Waals surface area contributed by atoms with Crippen molar-refractivity contribution in [2.24, 2.45) is 11.8 Å². The van der Waals surface area contributed by atoms with Crippen LogP contribution in [0.4, 0.5) is 32.1 Å². The van der Waals surface area contributed by atoms with Gasteiger partial charge in [0.25, 0.3) is 0 Å². The first-order valence-electron chi connectivity index (χ1n) is 20.2. The lowest BCUT2D eigenvalue weighted by Gasteiger charge is -2.44. The van der Waals surface area contributed by atoms with Crippen LogP contribution in [0.5, 0.6) is 0 Å². The molecular formula is C43H58F2N8O6S2. The van der Waals surface area contributed by atoms with Crippen LogP contribution < -0.4 is 19.6 Å². The van der Waals surface area contributed by atoms with Crippen LogP contribution in [-0.2, 0) is 25.3 Å². The van der Waals surface area contributed by atoms with Gasteiger partial charge in [-0.05, 0) is 87.1 Å². The Morgan fingerprint density at radius 3 is 1.51 bits per heavy atom. The normalized spacial score (nSPS) is 17.8. The summed E-state index contributed by atoms with van der Waals surface area (Å²) >= 11 is 0. The molecule has 4 heterocycles. The maximum absolute atomic E-state index is 14.0. The van der Waals surface area contributed by atoms with Gasteiger partial charge >= 0.3 is 0 Å². The summed E-state index contributed by atoms with van der Waals surface area (Å²) in [7, 11) is -7.32. The van der Waals surface area contributed by atoms with E-state index in [2.05, 4.69) is 67.2 Å². The Balaban J connectivity index is 0.000000231. The van der Waals surface area contributed by atoms with E-state index in [1.165, 1.54) is 31.2 Å². The molecule has 1 N–H and O–H groups in total. The quantitative estimate of drug-likeness (QED) is 0.190. The number of sulfone groups is 2. The number of piperazine rings is 2. The van der Waals surface area contributed by atoms with Gasteiger partial charge in [0.05, 0.1) is 17.8 Å². The molecule has 4 aromatic rings. The zero-order valence-electron chi connectivity index (χ0n) is 36.8. The van der Waals surface area contributed by atoms with Crippen LogP contribution in [0.25, 0.3) is 0 Å². The Labute approximate surface area is 358 Å². The van der Waals surface area contributed by atoms with Crippen molar-refractivity contribution in [3.05, 3.63) is 82.9 Å². The lowest BCUT2D eigenvalue weighted by molar-refractivity contribution is 0.0729. The van der Waals surface area contributed by atoms with E-state index in [0.717, 1.165) is 23.6 Å². The summed E-state index contributed by atoms with van der Waals surface area (Å²) in [6.07, 6.45) is 5.42. The third-order valence-corrected chi connectivity index (χ3v) is 13.3.